The molecular weight excluding hydrogens is 210 g/mol. The first-order chi connectivity index (χ1) is 7.02. The van der Waals surface area contributed by atoms with Crippen molar-refractivity contribution in [1.29, 1.82) is 0 Å². The third-order valence-electron chi connectivity index (χ3n) is 3.09. The Kier molecular flexibility index (Phi) is 4.18. The Balaban J connectivity index is 0.000000531. The molecule has 0 N–H and O–H groups in total. The van der Waals surface area contributed by atoms with Crippen LogP contribution >= 0.6 is 0 Å². The molecule has 0 spiro atoms. The largest absolute Gasteiger partial charge is 0.214 e. The van der Waals surface area contributed by atoms with Crippen LogP contribution < -0.4 is 0 Å². The number of hydrogen-bond acceptors (Lipinski definition) is 2. The van der Waals surface area contributed by atoms with Gasteiger partial charge in [0.25, 0.3) is 0 Å². The second-order valence-electron chi connectivity index (χ2n) is 4.67. The number of nitrogens with zero attached hydrogens (tertiary/aromatic N) is 1. The van der Waals surface area contributed by atoms with Gasteiger partial charge in [-0.15, -0.1) is 0 Å². The molecule has 2 fully saturated rings. The van der Waals surface area contributed by atoms with Crippen molar-refractivity contribution in [2.24, 2.45) is 5.41 Å². The monoisotopic (exact) mass is 233 g/mol. The molecule has 0 amide bonds. The quantitative estimate of drug-likeness (QED) is 0.749. The van der Waals surface area contributed by atoms with Gasteiger partial charge in [0.05, 0.1) is 5.75 Å². The van der Waals surface area contributed by atoms with E-state index >= 15 is 0 Å². The first kappa shape index (κ1) is 13.0. The fraction of sp³-hybridized carbons (Fsp3) is 1.00. The highest BCUT2D eigenvalue weighted by molar-refractivity contribution is 7.89. The average Bonchev–Trinajstić information content (AvgIpc) is 2.75. The smallest absolute Gasteiger partial charge is 0.212 e. The van der Waals surface area contributed by atoms with Gasteiger partial charge in [-0.1, -0.05) is 20.8 Å². The summed E-state index contributed by atoms with van der Waals surface area (Å²) in [6.07, 6.45) is 4.24. The van der Waals surface area contributed by atoms with E-state index in [-0.39, 0.29) is 5.41 Å². The van der Waals surface area contributed by atoms with E-state index in [1.54, 1.807) is 4.31 Å². The molecule has 1 saturated heterocycles. The molecule has 2 rings (SSSR count). The Morgan fingerprint density at radius 2 is 1.60 bits per heavy atom. The number of sulfonamides is 1. The fourth-order valence-corrected chi connectivity index (χ4v) is 4.02. The first-order valence-corrected chi connectivity index (χ1v) is 7.61. The van der Waals surface area contributed by atoms with E-state index in [2.05, 4.69) is 6.92 Å². The third-order valence-corrected chi connectivity index (χ3v) is 5.31. The molecule has 1 heterocycles. The van der Waals surface area contributed by atoms with Crippen molar-refractivity contribution < 1.29 is 8.42 Å². The lowest BCUT2D eigenvalue weighted by Gasteiger charge is -2.17. The molecule has 90 valence electrons. The zero-order chi connectivity index (χ0) is 11.5. The zero-order valence-electron chi connectivity index (χ0n) is 10.1. The molecule has 4 heteroatoms. The van der Waals surface area contributed by atoms with Crippen LogP contribution in [0.2, 0.25) is 0 Å². The molecule has 0 atom stereocenters. The molecule has 1 aliphatic carbocycles. The van der Waals surface area contributed by atoms with Crippen LogP contribution in [0.1, 0.15) is 46.5 Å². The van der Waals surface area contributed by atoms with Gasteiger partial charge in [0, 0.05) is 13.1 Å². The van der Waals surface area contributed by atoms with Gasteiger partial charge in [-0.3, -0.25) is 0 Å². The summed E-state index contributed by atoms with van der Waals surface area (Å²) < 4.78 is 25.3. The van der Waals surface area contributed by atoms with Crippen LogP contribution in [-0.4, -0.2) is 31.6 Å². The van der Waals surface area contributed by atoms with E-state index in [9.17, 15) is 8.42 Å². The maximum Gasteiger partial charge on any atom is 0.214 e. The van der Waals surface area contributed by atoms with Crippen LogP contribution in [0.3, 0.4) is 0 Å². The van der Waals surface area contributed by atoms with Crippen molar-refractivity contribution in [3.63, 3.8) is 0 Å². The van der Waals surface area contributed by atoms with E-state index in [0.717, 1.165) is 38.8 Å². The second kappa shape index (κ2) is 4.83. The van der Waals surface area contributed by atoms with Crippen LogP contribution in [0.4, 0.5) is 0 Å². The maximum atomic E-state index is 11.8. The highest BCUT2D eigenvalue weighted by Gasteiger charge is 2.43. The van der Waals surface area contributed by atoms with Gasteiger partial charge < -0.3 is 0 Å². The van der Waals surface area contributed by atoms with E-state index in [1.165, 1.54) is 0 Å². The molecule has 15 heavy (non-hydrogen) atoms. The molecule has 0 aromatic heterocycles. The lowest BCUT2D eigenvalue weighted by atomic mass is 10.2. The van der Waals surface area contributed by atoms with Crippen LogP contribution in [-0.2, 0) is 10.0 Å². The zero-order valence-corrected chi connectivity index (χ0v) is 10.9. The molecule has 0 aromatic rings. The Hall–Kier alpha value is -0.0900. The minimum atomic E-state index is -2.92. The summed E-state index contributed by atoms with van der Waals surface area (Å²) in [4.78, 5) is 0. The first-order valence-electron chi connectivity index (χ1n) is 6.00. The summed E-state index contributed by atoms with van der Waals surface area (Å²) in [6.45, 7) is 7.57. The van der Waals surface area contributed by atoms with Crippen LogP contribution in [0.25, 0.3) is 0 Å². The van der Waals surface area contributed by atoms with Gasteiger partial charge in [0.2, 0.25) is 10.0 Å². The Morgan fingerprint density at radius 3 is 2.00 bits per heavy atom. The third kappa shape index (κ3) is 3.45. The average molecular weight is 233 g/mol. The molecule has 3 nitrogen and oxygen atoms in total. The predicted molar refractivity (Wildman–Crippen MR) is 63.3 cm³/mol. The summed E-state index contributed by atoms with van der Waals surface area (Å²) in [5.41, 5.74) is 0.113. The summed E-state index contributed by atoms with van der Waals surface area (Å²) in [7, 11) is -2.92. The molecule has 0 aromatic carbocycles. The van der Waals surface area contributed by atoms with Crippen LogP contribution in [0.15, 0.2) is 0 Å². The van der Waals surface area contributed by atoms with Crippen molar-refractivity contribution >= 4 is 10.0 Å². The van der Waals surface area contributed by atoms with Crippen LogP contribution in [0.5, 0.6) is 0 Å². The SMILES string of the molecule is CC.CC1(CS(=O)(=O)N2CCCC2)CC1. The Morgan fingerprint density at radius 1 is 1.13 bits per heavy atom. The van der Waals surface area contributed by atoms with E-state index < -0.39 is 10.0 Å². The fourth-order valence-electron chi connectivity index (χ4n) is 1.86. The lowest BCUT2D eigenvalue weighted by molar-refractivity contribution is 0.464. The van der Waals surface area contributed by atoms with Crippen molar-refractivity contribution in [3.8, 4) is 0 Å². The maximum absolute atomic E-state index is 11.8. The minimum Gasteiger partial charge on any atom is -0.212 e. The summed E-state index contributed by atoms with van der Waals surface area (Å²) in [5, 5.41) is 0. The van der Waals surface area contributed by atoms with Gasteiger partial charge in [-0.2, -0.15) is 0 Å². The lowest BCUT2D eigenvalue weighted by Crippen LogP contribution is -2.32. The van der Waals surface area contributed by atoms with E-state index in [4.69, 9.17) is 0 Å². The van der Waals surface area contributed by atoms with Crippen molar-refractivity contribution in [1.82, 2.24) is 4.31 Å². The predicted octanol–water partition coefficient (Wildman–Crippen LogP) is 2.24. The standard InChI is InChI=1S/C9H17NO2S.C2H6/c1-9(4-5-9)8-13(11,12)10-6-2-3-7-10;1-2/h2-8H2,1H3;1-2H3. The Bertz CT molecular complexity index is 288. The normalized spacial score (nSPS) is 24.5. The highest BCUT2D eigenvalue weighted by atomic mass is 32.2. The number of rotatable bonds is 3. The molecule has 0 unspecified atom stereocenters. The highest BCUT2D eigenvalue weighted by Crippen LogP contribution is 2.46. The van der Waals surface area contributed by atoms with Gasteiger partial charge in [-0.05, 0) is 31.1 Å². The molecule has 0 bridgehead atoms. The van der Waals surface area contributed by atoms with E-state index in [0.29, 0.717) is 5.75 Å². The second-order valence-corrected chi connectivity index (χ2v) is 6.64. The van der Waals surface area contributed by atoms with Gasteiger partial charge in [0.15, 0.2) is 0 Å². The van der Waals surface area contributed by atoms with Gasteiger partial charge >= 0.3 is 0 Å². The molecular formula is C11H23NO2S. The van der Waals surface area contributed by atoms with Crippen LogP contribution in [0, 0.1) is 5.41 Å². The summed E-state index contributed by atoms with van der Waals surface area (Å²) in [5.74, 6) is 0.375. The minimum absolute atomic E-state index is 0.113. The van der Waals surface area contributed by atoms with Crippen molar-refractivity contribution in [2.45, 2.75) is 46.5 Å². The summed E-state index contributed by atoms with van der Waals surface area (Å²) >= 11 is 0. The van der Waals surface area contributed by atoms with Gasteiger partial charge in [-0.25, -0.2) is 12.7 Å². The van der Waals surface area contributed by atoms with E-state index in [1.807, 2.05) is 13.8 Å². The summed E-state index contributed by atoms with van der Waals surface area (Å²) in [6, 6.07) is 0. The molecule has 0 radical (unpaired) electrons. The Labute approximate surface area is 93.9 Å². The molecule has 1 saturated carbocycles. The number of hydrogen-bond donors (Lipinski definition) is 0. The molecule has 2 aliphatic rings. The molecule has 1 aliphatic heterocycles. The van der Waals surface area contributed by atoms with Gasteiger partial charge in [0.1, 0.15) is 0 Å². The topological polar surface area (TPSA) is 37.4 Å². The van der Waals surface area contributed by atoms with Crippen molar-refractivity contribution in [2.75, 3.05) is 18.8 Å². The van der Waals surface area contributed by atoms with Crippen molar-refractivity contribution in [3.05, 3.63) is 0 Å².